The van der Waals surface area contributed by atoms with Crippen LogP contribution in [-0.2, 0) is 33.5 Å². The van der Waals surface area contributed by atoms with Crippen LogP contribution in [-0.4, -0.2) is 69.6 Å². The second-order valence-electron chi connectivity index (χ2n) is 15.0. The zero-order valence-electron chi connectivity index (χ0n) is 34.0. The van der Waals surface area contributed by atoms with Crippen molar-refractivity contribution in [3.63, 3.8) is 0 Å². The molecule has 0 saturated carbocycles. The number of ether oxygens (including phenoxy) is 4. The molecule has 0 spiro atoms. The number of pyridine rings is 1. The van der Waals surface area contributed by atoms with Crippen molar-refractivity contribution in [2.24, 2.45) is 5.73 Å². The third-order valence-electron chi connectivity index (χ3n) is 9.28. The van der Waals surface area contributed by atoms with Crippen LogP contribution in [0.5, 0.6) is 17.2 Å². The molecule has 0 amide bonds. The Morgan fingerprint density at radius 3 is 2.39 bits per heavy atom. The second-order valence-corrected chi connectivity index (χ2v) is 15.9. The van der Waals surface area contributed by atoms with E-state index in [0.29, 0.717) is 22.2 Å². The molecule has 2 aliphatic rings. The number of carbonyl (C=O) groups excluding carboxylic acids is 2. The molecule has 2 aromatic heterocycles. The number of benzene rings is 2. The van der Waals surface area contributed by atoms with Crippen LogP contribution in [0.1, 0.15) is 74.0 Å². The largest absolute Gasteiger partial charge is 0.494 e. The van der Waals surface area contributed by atoms with Gasteiger partial charge in [-0.25, -0.2) is 24.1 Å². The smallest absolute Gasteiger partial charge is 0.416 e. The van der Waals surface area contributed by atoms with Crippen LogP contribution in [0.2, 0.25) is 0 Å². The van der Waals surface area contributed by atoms with Crippen LogP contribution in [0.15, 0.2) is 61.4 Å². The van der Waals surface area contributed by atoms with Gasteiger partial charge in [-0.15, -0.1) is 11.8 Å². The Morgan fingerprint density at radius 1 is 1.11 bits per heavy atom. The molecule has 61 heavy (non-hydrogen) atoms. The highest BCUT2D eigenvalue weighted by Gasteiger charge is 2.67. The highest BCUT2D eigenvalue weighted by Crippen LogP contribution is 2.47. The number of nitrogens with two attached hydrogens (primary N) is 1. The minimum Gasteiger partial charge on any atom is -0.494 e. The summed E-state index contributed by atoms with van der Waals surface area (Å²) in [6, 6.07) is 10.1. The van der Waals surface area contributed by atoms with Crippen LogP contribution in [0, 0.1) is 11.3 Å². The van der Waals surface area contributed by atoms with Gasteiger partial charge in [-0.3, -0.25) is 10.5 Å². The Labute approximate surface area is 352 Å². The normalized spacial score (nSPS) is 16.1. The first-order valence-corrected chi connectivity index (χ1v) is 19.8. The highest BCUT2D eigenvalue weighted by molar-refractivity contribution is 7.99. The molecule has 2 bridgehead atoms. The van der Waals surface area contributed by atoms with Crippen LogP contribution < -0.4 is 24.8 Å². The zero-order valence-corrected chi connectivity index (χ0v) is 34.8. The summed E-state index contributed by atoms with van der Waals surface area (Å²) >= 11 is 0.0742. The first-order valence-electron chi connectivity index (χ1n) is 18.5. The lowest BCUT2D eigenvalue weighted by atomic mass is 9.90. The van der Waals surface area contributed by atoms with Crippen LogP contribution in [0.25, 0.3) is 16.8 Å². The number of esters is 2. The molecular weight excluding hydrogens is 831 g/mol. The molecule has 2 unspecified atom stereocenters. The fourth-order valence-electron chi connectivity index (χ4n) is 6.40. The van der Waals surface area contributed by atoms with Gasteiger partial charge in [-0.2, -0.15) is 27.2 Å². The van der Waals surface area contributed by atoms with E-state index in [4.69, 9.17) is 29.7 Å². The zero-order chi connectivity index (χ0) is 45.1. The summed E-state index contributed by atoms with van der Waals surface area (Å²) in [5.74, 6) is -7.92. The van der Waals surface area contributed by atoms with Gasteiger partial charge >= 0.3 is 24.0 Å². The lowest BCUT2D eigenvalue weighted by molar-refractivity contribution is -0.164. The molecule has 0 saturated heterocycles. The van der Waals surface area contributed by atoms with Crippen molar-refractivity contribution < 1.29 is 54.9 Å². The summed E-state index contributed by atoms with van der Waals surface area (Å²) < 4.78 is 113. The molecule has 2 N–H and O–H groups in total. The predicted molar refractivity (Wildman–Crippen MR) is 215 cm³/mol. The van der Waals surface area contributed by atoms with E-state index in [-0.39, 0.29) is 76.2 Å². The van der Waals surface area contributed by atoms with Crippen molar-refractivity contribution in [2.45, 2.75) is 82.4 Å². The van der Waals surface area contributed by atoms with Crippen molar-refractivity contribution in [3.8, 4) is 34.6 Å². The lowest BCUT2D eigenvalue weighted by Crippen LogP contribution is -2.75. The van der Waals surface area contributed by atoms with Gasteiger partial charge in [0, 0.05) is 30.5 Å². The molecule has 12 nitrogen and oxygen atoms in total. The number of carbonyl (C=O) groups is 2. The minimum absolute atomic E-state index is 0.00617. The quantitative estimate of drug-likeness (QED) is 0.0557. The van der Waals surface area contributed by atoms with Gasteiger partial charge < -0.3 is 23.8 Å². The van der Waals surface area contributed by atoms with Crippen molar-refractivity contribution in [1.82, 2.24) is 15.0 Å². The first kappa shape index (κ1) is 46.2. The van der Waals surface area contributed by atoms with Gasteiger partial charge in [0.25, 0.3) is 5.66 Å². The van der Waals surface area contributed by atoms with Gasteiger partial charge in [0.05, 0.1) is 49.0 Å². The number of aromatic nitrogens is 3. The average Bonchev–Trinajstić information content (AvgIpc) is 3.27. The Hall–Kier alpha value is -5.87. The summed E-state index contributed by atoms with van der Waals surface area (Å²) in [4.78, 5) is 40.1. The molecule has 0 fully saturated rings. The van der Waals surface area contributed by atoms with E-state index in [9.17, 15) is 28.0 Å². The number of hydrogen-bond donors (Lipinski definition) is 1. The number of thioether (sulfide) groups is 1. The number of hydrogen-bond acceptors (Lipinski definition) is 13. The molecule has 0 aliphatic carbocycles. The molecule has 4 heterocycles. The van der Waals surface area contributed by atoms with Crippen molar-refractivity contribution in [1.29, 1.82) is 5.26 Å². The van der Waals surface area contributed by atoms with Crippen molar-refractivity contribution in [2.75, 3.05) is 24.9 Å². The molecule has 6 rings (SSSR count). The summed E-state index contributed by atoms with van der Waals surface area (Å²) in [6.07, 6.45) is -1.83. The number of alkyl halides is 6. The summed E-state index contributed by atoms with van der Waals surface area (Å²) in [5.41, 5.74) is -1.59. The third-order valence-corrected chi connectivity index (χ3v) is 9.99. The average molecular weight is 873 g/mol. The molecule has 324 valence electrons. The number of nitrogens with zero attached hydrogens (tertiary/aromatic N) is 5. The van der Waals surface area contributed by atoms with E-state index in [1.165, 1.54) is 31.4 Å². The second kappa shape index (κ2) is 18.0. The Kier molecular flexibility index (Phi) is 13.6. The monoisotopic (exact) mass is 872 g/mol. The maximum Gasteiger partial charge on any atom is 0.416 e. The SMILES string of the molecule is C=C(C)c1ccc(OC)c(-c2c3ccc(c2Cc2cc(C#N)cc(C(F)(F)F)c2)OC(=O)C(N)(C(F)(F)C(F)SC)N(c2ncc(OCCCC(=O)OC(C)(C)C)cn2)C3)n1. The number of halogens is 6. The molecule has 2 aromatic carbocycles. The van der Waals surface area contributed by atoms with E-state index in [2.05, 4.69) is 16.5 Å². The number of allylic oxidation sites excluding steroid dienone is 1. The summed E-state index contributed by atoms with van der Waals surface area (Å²) in [5, 5.41) is 9.65. The van der Waals surface area contributed by atoms with Gasteiger partial charge in [-0.1, -0.05) is 12.6 Å². The molecule has 2 atom stereocenters. The van der Waals surface area contributed by atoms with Gasteiger partial charge in [0.2, 0.25) is 11.5 Å². The van der Waals surface area contributed by atoms with Gasteiger partial charge in [0.15, 0.2) is 5.75 Å². The first-order chi connectivity index (χ1) is 28.5. The standard InChI is InChI=1S/C42H42F6N6O6S/c1-23(2)30-11-13-32(57-6)35(53-30)34-26-10-12-31(29(34)18-24-15-25(19-49)17-27(16-24)42(46,47)48)59-37(56)41(50,40(44,45)36(43)61-7)54(22-26)38-51-20-28(21-52-38)58-14-8-9-33(55)60-39(3,4)5/h10-13,15-17,20-21,36H,1,8-9,14,18,22,50H2,2-7H3. The minimum atomic E-state index is -4.86. The van der Waals surface area contributed by atoms with Gasteiger partial charge in [0.1, 0.15) is 22.8 Å². The molecular formula is C42H42F6N6O6S. The van der Waals surface area contributed by atoms with E-state index in [1.807, 2.05) is 0 Å². The number of fused-ring (bicyclic) bond motifs is 6. The number of anilines is 1. The Bertz CT molecular complexity index is 2350. The Morgan fingerprint density at radius 2 is 1.80 bits per heavy atom. The lowest BCUT2D eigenvalue weighted by Gasteiger charge is -2.43. The number of methoxy groups -OCH3 is 1. The van der Waals surface area contributed by atoms with Crippen LogP contribution in [0.4, 0.5) is 32.3 Å². The van der Waals surface area contributed by atoms with Crippen molar-refractivity contribution in [3.05, 3.63) is 94.9 Å². The van der Waals surface area contributed by atoms with E-state index >= 15 is 13.2 Å². The number of nitriles is 1. The fourth-order valence-corrected chi connectivity index (χ4v) is 6.88. The fraction of sp³-hybridized carbons (Fsp3) is 0.381. The van der Waals surface area contributed by atoms with Crippen molar-refractivity contribution >= 4 is 35.2 Å². The maximum absolute atomic E-state index is 16.6. The summed E-state index contributed by atoms with van der Waals surface area (Å²) in [6.45, 7) is 10.0. The van der Waals surface area contributed by atoms with E-state index < -0.39 is 71.0 Å². The molecule has 0 radical (unpaired) electrons. The van der Waals surface area contributed by atoms with E-state index in [1.54, 1.807) is 39.8 Å². The third kappa shape index (κ3) is 10.0. The Balaban J connectivity index is 1.72. The topological polar surface area (TPSA) is 163 Å². The molecule has 2 aliphatic heterocycles. The molecule has 4 aromatic rings. The van der Waals surface area contributed by atoms with Crippen LogP contribution >= 0.6 is 11.8 Å². The molecule has 19 heteroatoms. The summed E-state index contributed by atoms with van der Waals surface area (Å²) in [7, 11) is 1.32. The van der Waals surface area contributed by atoms with Crippen LogP contribution in [0.3, 0.4) is 0 Å². The maximum atomic E-state index is 16.6. The van der Waals surface area contributed by atoms with E-state index in [0.717, 1.165) is 24.7 Å². The predicted octanol–water partition coefficient (Wildman–Crippen LogP) is 8.44. The number of rotatable bonds is 14. The van der Waals surface area contributed by atoms with Gasteiger partial charge in [-0.05, 0) is 93.5 Å². The highest BCUT2D eigenvalue weighted by atomic mass is 32.2.